The molecule has 1 aromatic carbocycles. The first-order valence-corrected chi connectivity index (χ1v) is 7.57. The van der Waals surface area contributed by atoms with Gasteiger partial charge in [0.25, 0.3) is 5.91 Å². The molecule has 0 spiro atoms. The Hall–Kier alpha value is -1.84. The molecule has 1 fully saturated rings. The molecule has 1 amide bonds. The van der Waals surface area contributed by atoms with Gasteiger partial charge in [0.15, 0.2) is 6.10 Å². The van der Waals surface area contributed by atoms with Crippen LogP contribution in [-0.4, -0.2) is 23.8 Å². The number of nitrogens with zero attached hydrogens (tertiary/aromatic N) is 1. The standard InChI is InChI=1S/C17H22N2O2/c1-17(2,3)15-12-9-10-13(14(12)21-19-15)18-16(20)11-7-5-4-6-8-11/h4-8,12-14H,9-10H2,1-3H3,(H,18,20)/t12-,13-,14-/m0/s1. The van der Waals surface area contributed by atoms with Gasteiger partial charge < -0.3 is 10.2 Å². The average molecular weight is 286 g/mol. The first-order chi connectivity index (χ1) is 9.97. The lowest BCUT2D eigenvalue weighted by molar-refractivity contribution is 0.0504. The Morgan fingerprint density at radius 3 is 2.62 bits per heavy atom. The molecule has 4 heteroatoms. The minimum absolute atomic E-state index is 0.00751. The molecule has 0 bridgehead atoms. The van der Waals surface area contributed by atoms with Gasteiger partial charge in [0.1, 0.15) is 0 Å². The quantitative estimate of drug-likeness (QED) is 0.908. The SMILES string of the molecule is CC(C)(C)C1=NO[C@@H]2[C@@H](NC(=O)c3ccccc3)CC[C@H]12. The van der Waals surface area contributed by atoms with E-state index < -0.39 is 0 Å². The summed E-state index contributed by atoms with van der Waals surface area (Å²) >= 11 is 0. The summed E-state index contributed by atoms with van der Waals surface area (Å²) in [4.78, 5) is 17.9. The molecule has 1 aromatic rings. The molecule has 0 radical (unpaired) electrons. The summed E-state index contributed by atoms with van der Waals surface area (Å²) in [6.07, 6.45) is 1.97. The number of nitrogens with one attached hydrogen (secondary N) is 1. The summed E-state index contributed by atoms with van der Waals surface area (Å²) < 4.78 is 0. The maximum Gasteiger partial charge on any atom is 0.251 e. The van der Waals surface area contributed by atoms with Crippen molar-refractivity contribution in [1.82, 2.24) is 5.32 Å². The van der Waals surface area contributed by atoms with Crippen LogP contribution in [0.25, 0.3) is 0 Å². The fourth-order valence-corrected chi connectivity index (χ4v) is 3.28. The van der Waals surface area contributed by atoms with E-state index in [1.54, 1.807) is 0 Å². The number of hydrogen-bond acceptors (Lipinski definition) is 3. The minimum Gasteiger partial charge on any atom is -0.390 e. The number of carbonyl (C=O) groups excluding carboxylic acids is 1. The molecule has 0 aromatic heterocycles. The lowest BCUT2D eigenvalue weighted by atomic mass is 9.81. The highest BCUT2D eigenvalue weighted by Crippen LogP contribution is 2.40. The molecule has 0 saturated heterocycles. The van der Waals surface area contributed by atoms with Crippen LogP contribution in [0.15, 0.2) is 35.5 Å². The van der Waals surface area contributed by atoms with Crippen LogP contribution in [0, 0.1) is 11.3 Å². The second-order valence-electron chi connectivity index (χ2n) is 6.93. The topological polar surface area (TPSA) is 50.7 Å². The highest BCUT2D eigenvalue weighted by Gasteiger charge is 2.48. The molecule has 1 N–H and O–H groups in total. The molecule has 112 valence electrons. The number of amides is 1. The molecule has 21 heavy (non-hydrogen) atoms. The number of hydrogen-bond donors (Lipinski definition) is 1. The van der Waals surface area contributed by atoms with Crippen molar-refractivity contribution in [3.8, 4) is 0 Å². The number of oxime groups is 1. The van der Waals surface area contributed by atoms with Crippen LogP contribution in [0.1, 0.15) is 44.0 Å². The fraction of sp³-hybridized carbons (Fsp3) is 0.529. The molecule has 1 aliphatic carbocycles. The van der Waals surface area contributed by atoms with Crippen molar-refractivity contribution in [2.45, 2.75) is 45.8 Å². The Kier molecular flexibility index (Phi) is 3.47. The number of rotatable bonds is 2. The number of fused-ring (bicyclic) bond motifs is 1. The summed E-state index contributed by atoms with van der Waals surface area (Å²) in [6.45, 7) is 6.48. The maximum absolute atomic E-state index is 12.3. The predicted octanol–water partition coefficient (Wildman–Crippen LogP) is 3.00. The number of benzene rings is 1. The van der Waals surface area contributed by atoms with Gasteiger partial charge in [-0.15, -0.1) is 0 Å². The molecule has 0 unspecified atom stereocenters. The lowest BCUT2D eigenvalue weighted by Crippen LogP contribution is -2.42. The fourth-order valence-electron chi connectivity index (χ4n) is 3.28. The second kappa shape index (κ2) is 5.17. The van der Waals surface area contributed by atoms with E-state index in [1.165, 1.54) is 0 Å². The van der Waals surface area contributed by atoms with E-state index in [9.17, 15) is 4.79 Å². The van der Waals surface area contributed by atoms with Crippen molar-refractivity contribution < 1.29 is 9.63 Å². The summed E-state index contributed by atoms with van der Waals surface area (Å²) in [7, 11) is 0. The van der Waals surface area contributed by atoms with E-state index in [0.29, 0.717) is 11.5 Å². The Morgan fingerprint density at radius 2 is 1.95 bits per heavy atom. The third kappa shape index (κ3) is 2.67. The Bertz CT molecular complexity index is 560. The zero-order valence-electron chi connectivity index (χ0n) is 12.8. The van der Waals surface area contributed by atoms with Gasteiger partial charge in [-0.1, -0.05) is 44.1 Å². The van der Waals surface area contributed by atoms with E-state index in [2.05, 4.69) is 31.2 Å². The summed E-state index contributed by atoms with van der Waals surface area (Å²) in [5, 5.41) is 7.39. The third-order valence-corrected chi connectivity index (χ3v) is 4.33. The molecule has 3 atom stereocenters. The summed E-state index contributed by atoms with van der Waals surface area (Å²) in [5.41, 5.74) is 1.84. The van der Waals surface area contributed by atoms with Gasteiger partial charge in [0.05, 0.1) is 11.8 Å². The number of carbonyl (C=O) groups is 1. The third-order valence-electron chi connectivity index (χ3n) is 4.33. The van der Waals surface area contributed by atoms with Gasteiger partial charge in [-0.3, -0.25) is 4.79 Å². The molecule has 4 nitrogen and oxygen atoms in total. The molecular formula is C17H22N2O2. The van der Waals surface area contributed by atoms with Gasteiger partial charge in [-0.05, 0) is 25.0 Å². The molecular weight excluding hydrogens is 264 g/mol. The van der Waals surface area contributed by atoms with Gasteiger partial charge in [0, 0.05) is 16.9 Å². The van der Waals surface area contributed by atoms with Crippen LogP contribution in [0.3, 0.4) is 0 Å². The van der Waals surface area contributed by atoms with Crippen LogP contribution in [-0.2, 0) is 4.84 Å². The largest absolute Gasteiger partial charge is 0.390 e. The highest BCUT2D eigenvalue weighted by atomic mass is 16.6. The Balaban J connectivity index is 1.67. The first kappa shape index (κ1) is 14.1. The van der Waals surface area contributed by atoms with Gasteiger partial charge in [-0.25, -0.2) is 0 Å². The zero-order chi connectivity index (χ0) is 15.0. The van der Waals surface area contributed by atoms with Crippen LogP contribution in [0.4, 0.5) is 0 Å². The molecule has 2 aliphatic rings. The zero-order valence-corrected chi connectivity index (χ0v) is 12.8. The molecule has 1 saturated carbocycles. The van der Waals surface area contributed by atoms with E-state index in [4.69, 9.17) is 4.84 Å². The first-order valence-electron chi connectivity index (χ1n) is 7.57. The van der Waals surface area contributed by atoms with Crippen molar-refractivity contribution in [3.63, 3.8) is 0 Å². The van der Waals surface area contributed by atoms with Crippen molar-refractivity contribution >= 4 is 11.6 Å². The van der Waals surface area contributed by atoms with Crippen molar-refractivity contribution in [3.05, 3.63) is 35.9 Å². The predicted molar refractivity (Wildman–Crippen MR) is 82.2 cm³/mol. The van der Waals surface area contributed by atoms with Gasteiger partial charge in [-0.2, -0.15) is 0 Å². The second-order valence-corrected chi connectivity index (χ2v) is 6.93. The van der Waals surface area contributed by atoms with E-state index in [0.717, 1.165) is 18.6 Å². The van der Waals surface area contributed by atoms with Gasteiger partial charge >= 0.3 is 0 Å². The minimum atomic E-state index is -0.0333. The van der Waals surface area contributed by atoms with Gasteiger partial charge in [0.2, 0.25) is 0 Å². The van der Waals surface area contributed by atoms with Crippen molar-refractivity contribution in [1.29, 1.82) is 0 Å². The normalized spacial score (nSPS) is 27.8. The molecule has 3 rings (SSSR count). The Morgan fingerprint density at radius 1 is 1.24 bits per heavy atom. The van der Waals surface area contributed by atoms with E-state index >= 15 is 0 Å². The van der Waals surface area contributed by atoms with E-state index in [-0.39, 0.29) is 23.5 Å². The lowest BCUT2D eigenvalue weighted by Gasteiger charge is -2.22. The van der Waals surface area contributed by atoms with Crippen LogP contribution in [0.2, 0.25) is 0 Å². The summed E-state index contributed by atoms with van der Waals surface area (Å²) in [5.74, 6) is 0.306. The van der Waals surface area contributed by atoms with Crippen LogP contribution < -0.4 is 5.32 Å². The average Bonchev–Trinajstić information content (AvgIpc) is 3.02. The highest BCUT2D eigenvalue weighted by molar-refractivity contribution is 5.95. The molecule has 1 heterocycles. The Labute approximate surface area is 125 Å². The van der Waals surface area contributed by atoms with Crippen molar-refractivity contribution in [2.75, 3.05) is 0 Å². The molecule has 1 aliphatic heterocycles. The smallest absolute Gasteiger partial charge is 0.251 e. The van der Waals surface area contributed by atoms with Crippen LogP contribution in [0.5, 0.6) is 0 Å². The van der Waals surface area contributed by atoms with Crippen LogP contribution >= 0.6 is 0 Å². The monoisotopic (exact) mass is 286 g/mol. The summed E-state index contributed by atoms with van der Waals surface area (Å²) in [6, 6.07) is 9.36. The van der Waals surface area contributed by atoms with E-state index in [1.807, 2.05) is 30.3 Å². The maximum atomic E-state index is 12.3. The van der Waals surface area contributed by atoms with Crippen molar-refractivity contribution in [2.24, 2.45) is 16.5 Å².